The molecule has 1 saturated carbocycles. The standard InChI is InChI=1S/C16H20Cl2N2O4/c1-2-24-14-12(17)7-11(8-13(14)18)20-16(23)19-10-5-3-9(4-6-10)15(21)22/h7-10H,2-6H2,1H3,(H,21,22)(H2,19,20,23). The average Bonchev–Trinajstić information content (AvgIpc) is 2.51. The maximum Gasteiger partial charge on any atom is 0.319 e. The van der Waals surface area contributed by atoms with Crippen molar-refractivity contribution in [1.82, 2.24) is 5.32 Å². The van der Waals surface area contributed by atoms with Crippen molar-refractivity contribution in [3.8, 4) is 5.75 Å². The Morgan fingerprint density at radius 3 is 2.29 bits per heavy atom. The molecule has 0 spiro atoms. The lowest BCUT2D eigenvalue weighted by Gasteiger charge is -2.26. The summed E-state index contributed by atoms with van der Waals surface area (Å²) in [4.78, 5) is 23.0. The van der Waals surface area contributed by atoms with Gasteiger partial charge in [-0.3, -0.25) is 4.79 Å². The van der Waals surface area contributed by atoms with Crippen LogP contribution in [0.2, 0.25) is 10.0 Å². The molecular weight excluding hydrogens is 355 g/mol. The van der Waals surface area contributed by atoms with E-state index in [0.29, 0.717) is 53.8 Å². The largest absolute Gasteiger partial charge is 0.491 e. The van der Waals surface area contributed by atoms with Crippen molar-refractivity contribution in [1.29, 1.82) is 0 Å². The summed E-state index contributed by atoms with van der Waals surface area (Å²) in [6.45, 7) is 2.26. The number of benzene rings is 1. The highest BCUT2D eigenvalue weighted by Gasteiger charge is 2.26. The molecule has 0 radical (unpaired) electrons. The molecule has 8 heteroatoms. The number of aliphatic carboxylic acids is 1. The van der Waals surface area contributed by atoms with Gasteiger partial charge in [-0.05, 0) is 44.7 Å². The molecule has 0 aromatic heterocycles. The van der Waals surface area contributed by atoms with Gasteiger partial charge in [0, 0.05) is 11.7 Å². The number of carboxylic acids is 1. The van der Waals surface area contributed by atoms with Gasteiger partial charge in [0.05, 0.1) is 22.6 Å². The van der Waals surface area contributed by atoms with Crippen molar-refractivity contribution < 1.29 is 19.4 Å². The minimum atomic E-state index is -0.767. The zero-order chi connectivity index (χ0) is 17.7. The van der Waals surface area contributed by atoms with Gasteiger partial charge in [-0.2, -0.15) is 0 Å². The summed E-state index contributed by atoms with van der Waals surface area (Å²) in [5.41, 5.74) is 0.463. The molecule has 0 bridgehead atoms. The molecular formula is C16H20Cl2N2O4. The molecule has 0 atom stereocenters. The Hall–Kier alpha value is -1.66. The Morgan fingerprint density at radius 1 is 1.21 bits per heavy atom. The number of nitrogens with one attached hydrogen (secondary N) is 2. The number of urea groups is 1. The molecule has 2 rings (SSSR count). The quantitative estimate of drug-likeness (QED) is 0.721. The van der Waals surface area contributed by atoms with Crippen molar-refractivity contribution in [3.63, 3.8) is 0 Å². The van der Waals surface area contributed by atoms with Crippen molar-refractivity contribution >= 4 is 40.9 Å². The number of halogens is 2. The van der Waals surface area contributed by atoms with Gasteiger partial charge in [0.1, 0.15) is 0 Å². The highest BCUT2D eigenvalue weighted by molar-refractivity contribution is 6.37. The maximum absolute atomic E-state index is 12.1. The number of amides is 2. The third-order valence-corrected chi connectivity index (χ3v) is 4.52. The van der Waals surface area contributed by atoms with Crippen LogP contribution in [0.25, 0.3) is 0 Å². The zero-order valence-electron chi connectivity index (χ0n) is 13.3. The number of ether oxygens (including phenoxy) is 1. The minimum Gasteiger partial charge on any atom is -0.491 e. The Labute approximate surface area is 150 Å². The number of hydrogen-bond acceptors (Lipinski definition) is 3. The maximum atomic E-state index is 12.1. The number of carboxylic acid groups (broad SMARTS) is 1. The van der Waals surface area contributed by atoms with Crippen LogP contribution in [0.15, 0.2) is 12.1 Å². The highest BCUT2D eigenvalue weighted by Crippen LogP contribution is 2.36. The average molecular weight is 375 g/mol. The number of anilines is 1. The van der Waals surface area contributed by atoms with E-state index in [1.807, 2.05) is 6.92 Å². The second-order valence-corrected chi connectivity index (χ2v) is 6.50. The normalized spacial score (nSPS) is 20.3. The van der Waals surface area contributed by atoms with E-state index in [4.69, 9.17) is 33.0 Å². The lowest BCUT2D eigenvalue weighted by Crippen LogP contribution is -2.40. The number of carbonyl (C=O) groups is 2. The number of carbonyl (C=O) groups excluding carboxylic acids is 1. The Kier molecular flexibility index (Phi) is 6.57. The van der Waals surface area contributed by atoms with Crippen molar-refractivity contribution in [2.24, 2.45) is 5.92 Å². The van der Waals surface area contributed by atoms with Crippen molar-refractivity contribution in [3.05, 3.63) is 22.2 Å². The topological polar surface area (TPSA) is 87.7 Å². The van der Waals surface area contributed by atoms with Gasteiger partial charge >= 0.3 is 12.0 Å². The number of rotatable bonds is 5. The van der Waals surface area contributed by atoms with Crippen LogP contribution in [0.1, 0.15) is 32.6 Å². The van der Waals surface area contributed by atoms with E-state index in [0.717, 1.165) is 0 Å². The predicted molar refractivity (Wildman–Crippen MR) is 93.2 cm³/mol. The molecule has 0 heterocycles. The summed E-state index contributed by atoms with van der Waals surface area (Å²) in [5.74, 6) is -0.690. The smallest absolute Gasteiger partial charge is 0.319 e. The first-order chi connectivity index (χ1) is 11.4. The van der Waals surface area contributed by atoms with Crippen molar-refractivity contribution in [2.45, 2.75) is 38.6 Å². The zero-order valence-corrected chi connectivity index (χ0v) is 14.8. The first-order valence-corrected chi connectivity index (χ1v) is 8.58. The first kappa shape index (κ1) is 18.7. The predicted octanol–water partition coefficient (Wildman–Crippen LogP) is 4.16. The van der Waals surface area contributed by atoms with Crippen LogP contribution in [-0.4, -0.2) is 29.8 Å². The summed E-state index contributed by atoms with van der Waals surface area (Å²) in [6, 6.07) is 2.73. The van der Waals surface area contributed by atoms with E-state index in [-0.39, 0.29) is 18.0 Å². The third kappa shape index (κ3) is 4.92. The lowest BCUT2D eigenvalue weighted by molar-refractivity contribution is -0.142. The second kappa shape index (κ2) is 8.44. The third-order valence-electron chi connectivity index (χ3n) is 3.96. The highest BCUT2D eigenvalue weighted by atomic mass is 35.5. The van der Waals surface area contributed by atoms with Gasteiger partial charge in [-0.1, -0.05) is 23.2 Å². The molecule has 6 nitrogen and oxygen atoms in total. The molecule has 0 aliphatic heterocycles. The summed E-state index contributed by atoms with van der Waals surface area (Å²) in [6.07, 6.45) is 2.44. The second-order valence-electron chi connectivity index (χ2n) is 5.69. The van der Waals surface area contributed by atoms with Gasteiger partial charge < -0.3 is 20.5 Å². The summed E-state index contributed by atoms with van der Waals surface area (Å²) in [7, 11) is 0. The molecule has 1 aliphatic rings. The van der Waals surface area contributed by atoms with Gasteiger partial charge in [0.25, 0.3) is 0 Å². The van der Waals surface area contributed by atoms with Crippen LogP contribution in [0.5, 0.6) is 5.75 Å². The SMILES string of the molecule is CCOc1c(Cl)cc(NC(=O)NC2CCC(C(=O)O)CC2)cc1Cl. The first-order valence-electron chi connectivity index (χ1n) is 7.82. The Bertz CT molecular complexity index is 593. The summed E-state index contributed by atoms with van der Waals surface area (Å²) < 4.78 is 5.34. The molecule has 1 aromatic rings. The fraction of sp³-hybridized carbons (Fsp3) is 0.500. The fourth-order valence-corrected chi connectivity index (χ4v) is 3.35. The fourth-order valence-electron chi connectivity index (χ4n) is 2.75. The van der Waals surface area contributed by atoms with E-state index in [9.17, 15) is 9.59 Å². The molecule has 1 aromatic carbocycles. The van der Waals surface area contributed by atoms with Gasteiger partial charge in [0.2, 0.25) is 0 Å². The summed E-state index contributed by atoms with van der Waals surface area (Å²) >= 11 is 12.2. The van der Waals surface area contributed by atoms with E-state index in [2.05, 4.69) is 10.6 Å². The van der Waals surface area contributed by atoms with E-state index in [1.165, 1.54) is 0 Å². The molecule has 0 unspecified atom stereocenters. The van der Waals surface area contributed by atoms with Crippen LogP contribution in [0.4, 0.5) is 10.5 Å². The van der Waals surface area contributed by atoms with Crippen molar-refractivity contribution in [2.75, 3.05) is 11.9 Å². The molecule has 1 aliphatic carbocycles. The van der Waals surface area contributed by atoms with Gasteiger partial charge in [-0.25, -0.2) is 4.79 Å². The molecule has 1 fully saturated rings. The van der Waals surface area contributed by atoms with E-state index in [1.54, 1.807) is 12.1 Å². The Balaban J connectivity index is 1.90. The molecule has 2 amide bonds. The van der Waals surface area contributed by atoms with Gasteiger partial charge in [-0.15, -0.1) is 0 Å². The lowest BCUT2D eigenvalue weighted by atomic mass is 9.86. The number of hydrogen-bond donors (Lipinski definition) is 3. The monoisotopic (exact) mass is 374 g/mol. The van der Waals surface area contributed by atoms with E-state index >= 15 is 0 Å². The van der Waals surface area contributed by atoms with Gasteiger partial charge in [0.15, 0.2) is 5.75 Å². The van der Waals surface area contributed by atoms with E-state index < -0.39 is 5.97 Å². The van der Waals surface area contributed by atoms with Crippen LogP contribution < -0.4 is 15.4 Å². The van der Waals surface area contributed by atoms with Crippen LogP contribution in [-0.2, 0) is 4.79 Å². The molecule has 132 valence electrons. The molecule has 24 heavy (non-hydrogen) atoms. The minimum absolute atomic E-state index is 0.0331. The van der Waals surface area contributed by atoms with Crippen LogP contribution >= 0.6 is 23.2 Å². The molecule has 3 N–H and O–H groups in total. The van der Waals surface area contributed by atoms with Crippen LogP contribution in [0, 0.1) is 5.92 Å². The summed E-state index contributed by atoms with van der Waals surface area (Å²) in [5, 5.41) is 15.1. The Morgan fingerprint density at radius 2 is 1.79 bits per heavy atom. The molecule has 0 saturated heterocycles. The van der Waals surface area contributed by atoms with Crippen LogP contribution in [0.3, 0.4) is 0 Å².